The van der Waals surface area contributed by atoms with Crippen molar-refractivity contribution in [3.8, 4) is 0 Å². The molecule has 2 aliphatic rings. The molecule has 160 valence electrons. The molecule has 6 heteroatoms. The SMILES string of the molecule is CCC(C)(C)[C@H]1CN(c2ccc3c(c2)CCCN(C(=O)OC(C)(C)C)C3)C(=O)O1. The summed E-state index contributed by atoms with van der Waals surface area (Å²) >= 11 is 0. The van der Waals surface area contributed by atoms with Crippen LogP contribution >= 0.6 is 0 Å². The number of hydrogen-bond acceptors (Lipinski definition) is 4. The van der Waals surface area contributed by atoms with Crippen molar-refractivity contribution in [2.45, 2.75) is 79.1 Å². The number of anilines is 1. The van der Waals surface area contributed by atoms with E-state index >= 15 is 0 Å². The zero-order valence-corrected chi connectivity index (χ0v) is 18.6. The Kier molecular flexibility index (Phi) is 5.84. The van der Waals surface area contributed by atoms with Gasteiger partial charge in [0.1, 0.15) is 11.7 Å². The van der Waals surface area contributed by atoms with E-state index in [1.54, 1.807) is 9.80 Å². The van der Waals surface area contributed by atoms with Crippen molar-refractivity contribution in [1.29, 1.82) is 0 Å². The first kappa shape index (κ1) is 21.5. The molecule has 29 heavy (non-hydrogen) atoms. The van der Waals surface area contributed by atoms with Crippen LogP contribution in [-0.4, -0.2) is 41.9 Å². The van der Waals surface area contributed by atoms with E-state index in [-0.39, 0.29) is 23.7 Å². The molecule has 1 saturated heterocycles. The highest BCUT2D eigenvalue weighted by molar-refractivity contribution is 5.90. The minimum Gasteiger partial charge on any atom is -0.444 e. The molecule has 0 N–H and O–H groups in total. The number of benzene rings is 1. The summed E-state index contributed by atoms with van der Waals surface area (Å²) in [5.74, 6) is 0. The molecular weight excluding hydrogens is 368 g/mol. The number of fused-ring (bicyclic) bond motifs is 1. The minimum atomic E-state index is -0.505. The van der Waals surface area contributed by atoms with Gasteiger partial charge < -0.3 is 14.4 Å². The van der Waals surface area contributed by atoms with Gasteiger partial charge in [-0.1, -0.05) is 26.8 Å². The Morgan fingerprint density at radius 3 is 2.59 bits per heavy atom. The summed E-state index contributed by atoms with van der Waals surface area (Å²) in [6.07, 6.45) is 2.02. The minimum absolute atomic E-state index is 0.0516. The Morgan fingerprint density at radius 2 is 1.93 bits per heavy atom. The second-order valence-corrected chi connectivity index (χ2v) is 9.78. The van der Waals surface area contributed by atoms with Gasteiger partial charge in [0, 0.05) is 24.2 Å². The average Bonchev–Trinajstić information content (AvgIpc) is 2.90. The molecule has 1 aromatic rings. The maximum atomic E-state index is 12.5. The molecule has 6 nitrogen and oxygen atoms in total. The smallest absolute Gasteiger partial charge is 0.414 e. The number of ether oxygens (including phenoxy) is 2. The van der Waals surface area contributed by atoms with Gasteiger partial charge >= 0.3 is 12.2 Å². The number of hydrogen-bond donors (Lipinski definition) is 0. The molecule has 0 spiro atoms. The van der Waals surface area contributed by atoms with Crippen LogP contribution in [0.5, 0.6) is 0 Å². The zero-order chi connectivity index (χ0) is 21.4. The fourth-order valence-corrected chi connectivity index (χ4v) is 3.70. The van der Waals surface area contributed by atoms with Gasteiger partial charge in [0.25, 0.3) is 0 Å². The standard InChI is InChI=1S/C23H34N2O4/c1-7-23(5,6)19-15-25(21(27)28-19)18-11-10-17-14-24(12-8-9-16(17)13-18)20(26)29-22(2,3)4/h10-11,13,19H,7-9,12,14-15H2,1-6H3/t19-/m1/s1. The fraction of sp³-hybridized carbons (Fsp3) is 0.652. The van der Waals surface area contributed by atoms with E-state index in [4.69, 9.17) is 9.47 Å². The van der Waals surface area contributed by atoms with E-state index in [1.165, 1.54) is 5.56 Å². The van der Waals surface area contributed by atoms with Gasteiger partial charge in [0.15, 0.2) is 0 Å². The van der Waals surface area contributed by atoms with Gasteiger partial charge in [-0.2, -0.15) is 0 Å². The van der Waals surface area contributed by atoms with E-state index in [0.717, 1.165) is 30.5 Å². The third-order valence-corrected chi connectivity index (χ3v) is 5.98. The normalized spacial score (nSPS) is 20.2. The van der Waals surface area contributed by atoms with Gasteiger partial charge in [-0.25, -0.2) is 9.59 Å². The van der Waals surface area contributed by atoms with Gasteiger partial charge in [0.05, 0.1) is 6.54 Å². The summed E-state index contributed by atoms with van der Waals surface area (Å²) in [4.78, 5) is 28.5. The quantitative estimate of drug-likeness (QED) is 0.703. The number of aryl methyl sites for hydroxylation is 1. The first-order chi connectivity index (χ1) is 13.5. The van der Waals surface area contributed by atoms with Crippen molar-refractivity contribution in [2.24, 2.45) is 5.41 Å². The highest BCUT2D eigenvalue weighted by Gasteiger charge is 2.41. The van der Waals surface area contributed by atoms with Gasteiger partial charge in [-0.3, -0.25) is 4.90 Å². The van der Waals surface area contributed by atoms with Crippen LogP contribution in [0.4, 0.5) is 15.3 Å². The fourth-order valence-electron chi connectivity index (χ4n) is 3.70. The van der Waals surface area contributed by atoms with Crippen LogP contribution in [-0.2, 0) is 22.4 Å². The first-order valence-corrected chi connectivity index (χ1v) is 10.6. The highest BCUT2D eigenvalue weighted by atomic mass is 16.6. The number of nitrogens with zero attached hydrogens (tertiary/aromatic N) is 2. The third kappa shape index (κ3) is 4.85. The van der Waals surface area contributed by atoms with E-state index in [0.29, 0.717) is 19.6 Å². The van der Waals surface area contributed by atoms with E-state index < -0.39 is 5.60 Å². The molecule has 1 fully saturated rings. The predicted octanol–water partition coefficient (Wildman–Crippen LogP) is 5.13. The van der Waals surface area contributed by atoms with Crippen LogP contribution in [0, 0.1) is 5.41 Å². The monoisotopic (exact) mass is 402 g/mol. The van der Waals surface area contributed by atoms with Crippen LogP contribution < -0.4 is 4.90 Å². The molecule has 2 amide bonds. The number of rotatable bonds is 3. The van der Waals surface area contributed by atoms with Crippen LogP contribution in [0.2, 0.25) is 0 Å². The molecule has 2 heterocycles. The third-order valence-electron chi connectivity index (χ3n) is 5.98. The largest absolute Gasteiger partial charge is 0.444 e. The number of carbonyl (C=O) groups is 2. The van der Waals surface area contributed by atoms with Crippen LogP contribution in [0.1, 0.15) is 65.5 Å². The molecule has 0 saturated carbocycles. The lowest BCUT2D eigenvalue weighted by Crippen LogP contribution is -2.36. The molecule has 0 radical (unpaired) electrons. The van der Waals surface area contributed by atoms with Crippen molar-refractivity contribution in [3.63, 3.8) is 0 Å². The zero-order valence-electron chi connectivity index (χ0n) is 18.6. The maximum absolute atomic E-state index is 12.5. The molecule has 1 atom stereocenters. The van der Waals surface area contributed by atoms with Crippen LogP contribution in [0.3, 0.4) is 0 Å². The van der Waals surface area contributed by atoms with Crippen LogP contribution in [0.25, 0.3) is 0 Å². The number of amides is 2. The molecule has 1 aromatic carbocycles. The predicted molar refractivity (Wildman–Crippen MR) is 113 cm³/mol. The van der Waals surface area contributed by atoms with Gasteiger partial charge in [-0.05, 0) is 63.3 Å². The van der Waals surface area contributed by atoms with E-state index in [2.05, 4.69) is 26.8 Å². The summed E-state index contributed by atoms with van der Waals surface area (Å²) in [5.41, 5.74) is 2.60. The summed E-state index contributed by atoms with van der Waals surface area (Å²) in [5, 5.41) is 0. The Morgan fingerprint density at radius 1 is 1.21 bits per heavy atom. The summed E-state index contributed by atoms with van der Waals surface area (Å²) in [6, 6.07) is 6.06. The second kappa shape index (κ2) is 7.88. The van der Waals surface area contributed by atoms with Crippen molar-refractivity contribution in [3.05, 3.63) is 29.3 Å². The Labute approximate surface area is 174 Å². The second-order valence-electron chi connectivity index (χ2n) is 9.78. The summed E-state index contributed by atoms with van der Waals surface area (Å²) in [6.45, 7) is 13.8. The summed E-state index contributed by atoms with van der Waals surface area (Å²) in [7, 11) is 0. The van der Waals surface area contributed by atoms with Crippen molar-refractivity contribution >= 4 is 17.9 Å². The molecule has 0 bridgehead atoms. The molecule has 0 aliphatic carbocycles. The van der Waals surface area contributed by atoms with E-state index in [1.807, 2.05) is 32.9 Å². The summed E-state index contributed by atoms with van der Waals surface area (Å²) < 4.78 is 11.2. The average molecular weight is 403 g/mol. The topological polar surface area (TPSA) is 59.1 Å². The van der Waals surface area contributed by atoms with E-state index in [9.17, 15) is 9.59 Å². The maximum Gasteiger partial charge on any atom is 0.414 e. The highest BCUT2D eigenvalue weighted by Crippen LogP contribution is 2.35. The number of cyclic esters (lactones) is 1. The van der Waals surface area contributed by atoms with Gasteiger partial charge in [-0.15, -0.1) is 0 Å². The molecular formula is C23H34N2O4. The van der Waals surface area contributed by atoms with Gasteiger partial charge in [0.2, 0.25) is 0 Å². The van der Waals surface area contributed by atoms with Crippen molar-refractivity contribution in [1.82, 2.24) is 4.90 Å². The van der Waals surface area contributed by atoms with Crippen molar-refractivity contribution in [2.75, 3.05) is 18.0 Å². The molecule has 2 aliphatic heterocycles. The Hall–Kier alpha value is -2.24. The Balaban J connectivity index is 1.76. The number of carbonyl (C=O) groups excluding carboxylic acids is 2. The lowest BCUT2D eigenvalue weighted by molar-refractivity contribution is 0.0236. The lowest BCUT2D eigenvalue weighted by Gasteiger charge is -2.28. The molecule has 3 rings (SSSR count). The molecule has 0 aromatic heterocycles. The molecule has 0 unspecified atom stereocenters. The first-order valence-electron chi connectivity index (χ1n) is 10.6. The van der Waals surface area contributed by atoms with Crippen LogP contribution in [0.15, 0.2) is 18.2 Å². The Bertz CT molecular complexity index is 782. The van der Waals surface area contributed by atoms with Crippen molar-refractivity contribution < 1.29 is 19.1 Å². The lowest BCUT2D eigenvalue weighted by atomic mass is 9.84.